The van der Waals surface area contributed by atoms with Gasteiger partial charge in [-0.05, 0) is 36.0 Å². The lowest BCUT2D eigenvalue weighted by Gasteiger charge is -2.22. The van der Waals surface area contributed by atoms with E-state index in [0.717, 1.165) is 23.0 Å². The third-order valence-corrected chi connectivity index (χ3v) is 2.71. The number of rotatable bonds is 1. The molecule has 0 bridgehead atoms. The molecule has 0 aliphatic rings. The first kappa shape index (κ1) is 11.0. The highest BCUT2D eigenvalue weighted by atomic mass is 16.1. The summed E-state index contributed by atoms with van der Waals surface area (Å²) in [5.74, 6) is 0. The molecule has 0 aliphatic heterocycles. The van der Waals surface area contributed by atoms with Gasteiger partial charge in [-0.2, -0.15) is 0 Å². The molecule has 1 rings (SSSR count). The normalized spacial score (nSPS) is 11.5. The van der Waals surface area contributed by atoms with Crippen LogP contribution in [0.2, 0.25) is 0 Å². The molecule has 0 amide bonds. The van der Waals surface area contributed by atoms with Crippen molar-refractivity contribution in [1.82, 2.24) is 0 Å². The van der Waals surface area contributed by atoms with Crippen LogP contribution in [0, 0.1) is 13.8 Å². The molecular weight excluding hydrogens is 172 g/mol. The first-order chi connectivity index (χ1) is 6.38. The summed E-state index contributed by atoms with van der Waals surface area (Å²) in [6, 6.07) is 4.15. The highest BCUT2D eigenvalue weighted by Gasteiger charge is 2.19. The first-order valence-corrected chi connectivity index (χ1v) is 4.94. The van der Waals surface area contributed by atoms with Gasteiger partial charge in [-0.3, -0.25) is 4.79 Å². The molecule has 0 N–H and O–H groups in total. The van der Waals surface area contributed by atoms with Crippen LogP contribution < -0.4 is 0 Å². The molecule has 14 heavy (non-hydrogen) atoms. The summed E-state index contributed by atoms with van der Waals surface area (Å²) < 4.78 is 0. The number of aryl methyl sites for hydroxylation is 1. The van der Waals surface area contributed by atoms with Crippen LogP contribution in [-0.4, -0.2) is 6.29 Å². The Bertz CT molecular complexity index is 356. The minimum atomic E-state index is 0.0364. The van der Waals surface area contributed by atoms with Crippen LogP contribution in [0.15, 0.2) is 12.1 Å². The molecular formula is C13H18O. The second-order valence-corrected chi connectivity index (χ2v) is 4.84. The molecule has 1 heteroatoms. The van der Waals surface area contributed by atoms with E-state index < -0.39 is 0 Å². The Kier molecular flexibility index (Phi) is 2.79. The summed E-state index contributed by atoms with van der Waals surface area (Å²) in [5.41, 5.74) is 4.31. The maximum absolute atomic E-state index is 11.0. The van der Waals surface area contributed by atoms with Crippen molar-refractivity contribution in [3.8, 4) is 0 Å². The van der Waals surface area contributed by atoms with Crippen molar-refractivity contribution in [3.63, 3.8) is 0 Å². The molecule has 0 radical (unpaired) electrons. The second kappa shape index (κ2) is 3.56. The zero-order chi connectivity index (χ0) is 10.9. The van der Waals surface area contributed by atoms with Gasteiger partial charge in [0.1, 0.15) is 0 Å². The monoisotopic (exact) mass is 190 g/mol. The predicted octanol–water partition coefficient (Wildman–Crippen LogP) is 3.41. The van der Waals surface area contributed by atoms with E-state index in [1.54, 1.807) is 0 Å². The summed E-state index contributed by atoms with van der Waals surface area (Å²) in [4.78, 5) is 11.0. The molecule has 1 nitrogen and oxygen atoms in total. The van der Waals surface area contributed by atoms with E-state index in [-0.39, 0.29) is 5.41 Å². The van der Waals surface area contributed by atoms with Crippen molar-refractivity contribution in [2.45, 2.75) is 40.0 Å². The number of carbonyl (C=O) groups excluding carboxylic acids is 1. The van der Waals surface area contributed by atoms with Gasteiger partial charge >= 0.3 is 0 Å². The van der Waals surface area contributed by atoms with E-state index in [1.165, 1.54) is 5.56 Å². The molecule has 0 saturated carbocycles. The third-order valence-electron chi connectivity index (χ3n) is 2.71. The average Bonchev–Trinajstić information content (AvgIpc) is 2.07. The zero-order valence-electron chi connectivity index (χ0n) is 9.64. The van der Waals surface area contributed by atoms with Crippen LogP contribution in [0.3, 0.4) is 0 Å². The Morgan fingerprint density at radius 3 is 2.14 bits per heavy atom. The maximum atomic E-state index is 11.0. The molecule has 0 saturated heterocycles. The SMILES string of the molecule is Cc1ccc(C(C)(C)C)c(C=O)c1C. The van der Waals surface area contributed by atoms with Gasteiger partial charge in [0.25, 0.3) is 0 Å². The molecule has 0 heterocycles. The predicted molar refractivity (Wildman–Crippen MR) is 60.0 cm³/mol. The molecule has 0 aliphatic carbocycles. The van der Waals surface area contributed by atoms with Crippen LogP contribution in [0.5, 0.6) is 0 Å². The van der Waals surface area contributed by atoms with Crippen molar-refractivity contribution < 1.29 is 4.79 Å². The third kappa shape index (κ3) is 1.87. The summed E-state index contributed by atoms with van der Waals surface area (Å²) in [5, 5.41) is 0. The minimum absolute atomic E-state index is 0.0364. The topological polar surface area (TPSA) is 17.1 Å². The molecule has 0 aromatic heterocycles. The lowest BCUT2D eigenvalue weighted by atomic mass is 9.82. The van der Waals surface area contributed by atoms with Gasteiger partial charge in [0.15, 0.2) is 6.29 Å². The summed E-state index contributed by atoms with van der Waals surface area (Å²) in [7, 11) is 0. The fraction of sp³-hybridized carbons (Fsp3) is 0.462. The van der Waals surface area contributed by atoms with Crippen molar-refractivity contribution in [2.24, 2.45) is 0 Å². The Morgan fingerprint density at radius 1 is 1.14 bits per heavy atom. The van der Waals surface area contributed by atoms with Crippen molar-refractivity contribution >= 4 is 6.29 Å². The van der Waals surface area contributed by atoms with Gasteiger partial charge in [0, 0.05) is 5.56 Å². The quantitative estimate of drug-likeness (QED) is 0.620. The number of hydrogen-bond acceptors (Lipinski definition) is 1. The molecule has 1 aromatic carbocycles. The summed E-state index contributed by atoms with van der Waals surface area (Å²) >= 11 is 0. The maximum Gasteiger partial charge on any atom is 0.150 e. The Balaban J connectivity index is 3.47. The summed E-state index contributed by atoms with van der Waals surface area (Å²) in [6.07, 6.45) is 0.975. The van der Waals surface area contributed by atoms with E-state index in [4.69, 9.17) is 0 Å². The van der Waals surface area contributed by atoms with Crippen LogP contribution >= 0.6 is 0 Å². The van der Waals surface area contributed by atoms with Crippen LogP contribution in [0.25, 0.3) is 0 Å². The smallest absolute Gasteiger partial charge is 0.150 e. The van der Waals surface area contributed by atoms with Crippen LogP contribution in [0.1, 0.15) is 47.8 Å². The first-order valence-electron chi connectivity index (χ1n) is 4.94. The Hall–Kier alpha value is -1.11. The van der Waals surface area contributed by atoms with E-state index >= 15 is 0 Å². The van der Waals surface area contributed by atoms with Gasteiger partial charge in [-0.15, -0.1) is 0 Å². The van der Waals surface area contributed by atoms with Crippen molar-refractivity contribution in [1.29, 1.82) is 0 Å². The van der Waals surface area contributed by atoms with Gasteiger partial charge in [0.05, 0.1) is 0 Å². The molecule has 1 aromatic rings. The fourth-order valence-electron chi connectivity index (χ4n) is 1.64. The largest absolute Gasteiger partial charge is 0.298 e. The van der Waals surface area contributed by atoms with E-state index in [1.807, 2.05) is 13.8 Å². The van der Waals surface area contributed by atoms with Crippen LogP contribution in [-0.2, 0) is 5.41 Å². The molecule has 0 atom stereocenters. The highest BCUT2D eigenvalue weighted by molar-refractivity contribution is 5.81. The van der Waals surface area contributed by atoms with E-state index in [2.05, 4.69) is 32.9 Å². The average molecular weight is 190 g/mol. The van der Waals surface area contributed by atoms with E-state index in [0.29, 0.717) is 0 Å². The highest BCUT2D eigenvalue weighted by Crippen LogP contribution is 2.28. The lowest BCUT2D eigenvalue weighted by Crippen LogP contribution is -2.15. The standard InChI is InChI=1S/C13H18O/c1-9-6-7-12(13(3,4)5)11(8-14)10(9)2/h6-8H,1-5H3. The molecule has 0 spiro atoms. The number of hydrogen-bond donors (Lipinski definition) is 0. The number of carbonyl (C=O) groups is 1. The number of aldehydes is 1. The molecule has 0 fully saturated rings. The van der Waals surface area contributed by atoms with Crippen LogP contribution in [0.4, 0.5) is 0 Å². The summed E-state index contributed by atoms with van der Waals surface area (Å²) in [6.45, 7) is 10.4. The molecule has 0 unspecified atom stereocenters. The minimum Gasteiger partial charge on any atom is -0.298 e. The van der Waals surface area contributed by atoms with E-state index in [9.17, 15) is 4.79 Å². The zero-order valence-corrected chi connectivity index (χ0v) is 9.64. The van der Waals surface area contributed by atoms with Gasteiger partial charge in [-0.25, -0.2) is 0 Å². The van der Waals surface area contributed by atoms with Gasteiger partial charge in [0.2, 0.25) is 0 Å². The second-order valence-electron chi connectivity index (χ2n) is 4.84. The Labute approximate surface area is 86.1 Å². The van der Waals surface area contributed by atoms with Crippen molar-refractivity contribution in [3.05, 3.63) is 34.4 Å². The molecule has 76 valence electrons. The lowest BCUT2D eigenvalue weighted by molar-refractivity contribution is 0.112. The number of benzene rings is 1. The Morgan fingerprint density at radius 2 is 1.71 bits per heavy atom. The van der Waals surface area contributed by atoms with Crippen molar-refractivity contribution in [2.75, 3.05) is 0 Å². The van der Waals surface area contributed by atoms with Gasteiger partial charge in [-0.1, -0.05) is 32.9 Å². The fourth-order valence-corrected chi connectivity index (χ4v) is 1.64. The van der Waals surface area contributed by atoms with Gasteiger partial charge < -0.3 is 0 Å².